The molecule has 3 rings (SSSR count). The molecule has 29 heavy (non-hydrogen) atoms. The molecule has 0 spiro atoms. The smallest absolute Gasteiger partial charge is 0.241 e. The van der Waals surface area contributed by atoms with Crippen LogP contribution in [-0.2, 0) is 16.1 Å². The van der Waals surface area contributed by atoms with E-state index in [1.54, 1.807) is 7.05 Å². The van der Waals surface area contributed by atoms with Crippen molar-refractivity contribution in [1.82, 2.24) is 15.5 Å². The Hall–Kier alpha value is -2.28. The number of guanidine groups is 1. The van der Waals surface area contributed by atoms with Crippen LogP contribution < -0.4 is 15.4 Å². The van der Waals surface area contributed by atoms with E-state index >= 15 is 0 Å². The van der Waals surface area contributed by atoms with E-state index in [-0.39, 0.29) is 18.6 Å². The van der Waals surface area contributed by atoms with Crippen LogP contribution in [0.15, 0.2) is 23.2 Å². The summed E-state index contributed by atoms with van der Waals surface area (Å²) in [6.07, 6.45) is 5.76. The maximum atomic E-state index is 12.3. The highest BCUT2D eigenvalue weighted by Crippen LogP contribution is 2.22. The summed E-state index contributed by atoms with van der Waals surface area (Å²) in [6.45, 7) is 6.02. The molecule has 7 heteroatoms. The topological polar surface area (TPSA) is 75.2 Å². The number of aliphatic imine (C=N–C) groups is 1. The number of likely N-dealkylation sites (tertiary alicyclic amines) is 1. The Balaban J connectivity index is 1.49. The number of nitrogens with zero attached hydrogens (tertiary/aromatic N) is 2. The first-order valence-corrected chi connectivity index (χ1v) is 10.7. The fourth-order valence-corrected chi connectivity index (χ4v) is 3.71. The normalized spacial score (nSPS) is 19.9. The summed E-state index contributed by atoms with van der Waals surface area (Å²) in [6, 6.07) is 6.20. The number of carbonyl (C=O) groups excluding carboxylic acids is 1. The molecule has 1 atom stereocenters. The van der Waals surface area contributed by atoms with Crippen LogP contribution in [0.2, 0.25) is 0 Å². The maximum Gasteiger partial charge on any atom is 0.241 e. The monoisotopic (exact) mass is 402 g/mol. The van der Waals surface area contributed by atoms with Gasteiger partial charge in [0.15, 0.2) is 5.96 Å². The van der Waals surface area contributed by atoms with Crippen LogP contribution in [-0.4, -0.2) is 62.8 Å². The number of aryl methyl sites for hydroxylation is 1. The van der Waals surface area contributed by atoms with E-state index in [9.17, 15) is 4.79 Å². The van der Waals surface area contributed by atoms with E-state index in [1.165, 1.54) is 6.42 Å². The lowest BCUT2D eigenvalue weighted by Crippen LogP contribution is -2.45. The molecule has 160 valence electrons. The Labute approximate surface area is 173 Å². The second kappa shape index (κ2) is 11.0. The van der Waals surface area contributed by atoms with Gasteiger partial charge in [-0.2, -0.15) is 0 Å². The zero-order valence-electron chi connectivity index (χ0n) is 17.7. The van der Waals surface area contributed by atoms with Gasteiger partial charge in [-0.15, -0.1) is 0 Å². The van der Waals surface area contributed by atoms with Gasteiger partial charge in [0.05, 0.1) is 12.6 Å². The zero-order valence-corrected chi connectivity index (χ0v) is 17.7. The standard InChI is InChI=1S/C22H34N4O3/c1-17-8-9-18(20(13-17)29-16-19-7-6-12-28-19)14-24-22(23-2)25-15-21(27)26-10-4-3-5-11-26/h8-9,13,19H,3-7,10-12,14-16H2,1-2H3,(H2,23,24,25). The predicted molar refractivity (Wildman–Crippen MR) is 114 cm³/mol. The second-order valence-corrected chi connectivity index (χ2v) is 7.78. The van der Waals surface area contributed by atoms with Crippen molar-refractivity contribution < 1.29 is 14.3 Å². The number of nitrogens with one attached hydrogen (secondary N) is 2. The molecule has 2 saturated heterocycles. The van der Waals surface area contributed by atoms with Crippen molar-refractivity contribution in [3.8, 4) is 5.75 Å². The number of hydrogen-bond donors (Lipinski definition) is 2. The summed E-state index contributed by atoms with van der Waals surface area (Å²) >= 11 is 0. The molecule has 0 saturated carbocycles. The zero-order chi connectivity index (χ0) is 20.5. The minimum atomic E-state index is 0.128. The van der Waals surface area contributed by atoms with Gasteiger partial charge in [-0.05, 0) is 50.7 Å². The third kappa shape index (κ3) is 6.63. The first-order valence-electron chi connectivity index (χ1n) is 10.7. The predicted octanol–water partition coefficient (Wildman–Crippen LogP) is 2.23. The van der Waals surface area contributed by atoms with Gasteiger partial charge in [0.2, 0.25) is 5.91 Å². The van der Waals surface area contributed by atoms with Gasteiger partial charge in [-0.25, -0.2) is 0 Å². The minimum absolute atomic E-state index is 0.128. The van der Waals surface area contributed by atoms with Crippen molar-refractivity contribution in [2.75, 3.05) is 39.9 Å². The van der Waals surface area contributed by atoms with Crippen LogP contribution in [0.3, 0.4) is 0 Å². The molecule has 2 aliphatic rings. The van der Waals surface area contributed by atoms with Crippen LogP contribution >= 0.6 is 0 Å². The number of rotatable bonds is 7. The average molecular weight is 403 g/mol. The summed E-state index contributed by atoms with van der Waals surface area (Å²) in [5, 5.41) is 6.42. The number of carbonyl (C=O) groups is 1. The molecule has 2 aliphatic heterocycles. The maximum absolute atomic E-state index is 12.3. The van der Waals surface area contributed by atoms with Crippen LogP contribution in [0, 0.1) is 6.92 Å². The number of piperidine rings is 1. The van der Waals surface area contributed by atoms with Gasteiger partial charge < -0.3 is 25.0 Å². The number of hydrogen-bond acceptors (Lipinski definition) is 4. The lowest BCUT2D eigenvalue weighted by atomic mass is 10.1. The summed E-state index contributed by atoms with van der Waals surface area (Å²) in [7, 11) is 1.71. The second-order valence-electron chi connectivity index (χ2n) is 7.78. The molecule has 1 aromatic carbocycles. The lowest BCUT2D eigenvalue weighted by molar-refractivity contribution is -0.130. The number of ether oxygens (including phenoxy) is 2. The Bertz CT molecular complexity index is 695. The van der Waals surface area contributed by atoms with Gasteiger partial charge in [0.1, 0.15) is 12.4 Å². The molecule has 2 N–H and O–H groups in total. The lowest BCUT2D eigenvalue weighted by Gasteiger charge is -2.27. The molecule has 1 aromatic rings. The fourth-order valence-electron chi connectivity index (χ4n) is 3.71. The highest BCUT2D eigenvalue weighted by molar-refractivity contribution is 5.86. The van der Waals surface area contributed by atoms with Crippen molar-refractivity contribution in [1.29, 1.82) is 0 Å². The molecular formula is C22H34N4O3. The molecule has 0 radical (unpaired) electrons. The summed E-state index contributed by atoms with van der Waals surface area (Å²) in [5.74, 6) is 1.61. The van der Waals surface area contributed by atoms with Crippen LogP contribution in [0.25, 0.3) is 0 Å². The van der Waals surface area contributed by atoms with Crippen molar-refractivity contribution in [3.05, 3.63) is 29.3 Å². The van der Waals surface area contributed by atoms with Crippen molar-refractivity contribution in [2.45, 2.75) is 51.7 Å². The molecular weight excluding hydrogens is 368 g/mol. The SMILES string of the molecule is CN=C(NCC(=O)N1CCCCC1)NCc1ccc(C)cc1OCC1CCCO1. The highest BCUT2D eigenvalue weighted by Gasteiger charge is 2.18. The molecule has 0 aromatic heterocycles. The first kappa shape index (κ1) is 21.4. The van der Waals surface area contributed by atoms with Crippen molar-refractivity contribution >= 4 is 11.9 Å². The number of amides is 1. The Kier molecular flexibility index (Phi) is 8.16. The molecule has 0 bridgehead atoms. The molecule has 7 nitrogen and oxygen atoms in total. The first-order chi connectivity index (χ1) is 14.2. The third-order valence-corrected chi connectivity index (χ3v) is 5.46. The Morgan fingerprint density at radius 2 is 2.07 bits per heavy atom. The van der Waals surface area contributed by atoms with Gasteiger partial charge in [-0.3, -0.25) is 9.79 Å². The van der Waals surface area contributed by atoms with Gasteiger partial charge >= 0.3 is 0 Å². The molecule has 1 amide bonds. The highest BCUT2D eigenvalue weighted by atomic mass is 16.5. The van der Waals surface area contributed by atoms with E-state index in [4.69, 9.17) is 9.47 Å². The van der Waals surface area contributed by atoms with E-state index in [0.717, 1.165) is 62.3 Å². The van der Waals surface area contributed by atoms with Gasteiger partial charge in [-0.1, -0.05) is 12.1 Å². The average Bonchev–Trinajstić information content (AvgIpc) is 3.27. The Morgan fingerprint density at radius 1 is 1.24 bits per heavy atom. The van der Waals surface area contributed by atoms with E-state index in [2.05, 4.69) is 40.7 Å². The largest absolute Gasteiger partial charge is 0.491 e. The quantitative estimate of drug-likeness (QED) is 0.540. The number of benzene rings is 1. The summed E-state index contributed by atoms with van der Waals surface area (Å²) in [4.78, 5) is 18.5. The molecule has 2 heterocycles. The van der Waals surface area contributed by atoms with Crippen molar-refractivity contribution in [3.63, 3.8) is 0 Å². The van der Waals surface area contributed by atoms with Gasteiger partial charge in [0, 0.05) is 38.9 Å². The minimum Gasteiger partial charge on any atom is -0.491 e. The third-order valence-electron chi connectivity index (χ3n) is 5.46. The Morgan fingerprint density at radius 3 is 2.79 bits per heavy atom. The van der Waals surface area contributed by atoms with Crippen LogP contribution in [0.1, 0.15) is 43.2 Å². The van der Waals surface area contributed by atoms with Crippen molar-refractivity contribution in [2.24, 2.45) is 4.99 Å². The van der Waals surface area contributed by atoms with E-state index < -0.39 is 0 Å². The van der Waals surface area contributed by atoms with Crippen LogP contribution in [0.5, 0.6) is 5.75 Å². The summed E-state index contributed by atoms with van der Waals surface area (Å²) in [5.41, 5.74) is 2.21. The van der Waals surface area contributed by atoms with Crippen LogP contribution in [0.4, 0.5) is 0 Å². The summed E-state index contributed by atoms with van der Waals surface area (Å²) < 4.78 is 11.7. The molecule has 2 fully saturated rings. The molecule has 1 unspecified atom stereocenters. The van der Waals surface area contributed by atoms with Gasteiger partial charge in [0.25, 0.3) is 0 Å². The van der Waals surface area contributed by atoms with E-state index in [0.29, 0.717) is 19.1 Å². The fraction of sp³-hybridized carbons (Fsp3) is 0.636. The van der Waals surface area contributed by atoms with E-state index in [1.807, 2.05) is 4.90 Å². The molecule has 0 aliphatic carbocycles.